The smallest absolute Gasteiger partial charge is 0.254 e. The van der Waals surface area contributed by atoms with Gasteiger partial charge in [-0.2, -0.15) is 4.31 Å². The Labute approximate surface area is 118 Å². The number of nitrogens with zero attached hydrogens (tertiary/aromatic N) is 2. The molecule has 1 fully saturated rings. The molecule has 1 aliphatic rings. The molecule has 0 saturated carbocycles. The molecule has 0 radical (unpaired) electrons. The van der Waals surface area contributed by atoms with Crippen molar-refractivity contribution in [3.8, 4) is 0 Å². The molecule has 1 saturated heterocycles. The summed E-state index contributed by atoms with van der Waals surface area (Å²) in [5.41, 5.74) is -0.485. The van der Waals surface area contributed by atoms with Crippen molar-refractivity contribution in [1.82, 2.24) is 9.29 Å². The molecule has 0 amide bonds. The van der Waals surface area contributed by atoms with E-state index in [4.69, 9.17) is 0 Å². The van der Waals surface area contributed by atoms with Crippen molar-refractivity contribution in [3.63, 3.8) is 0 Å². The minimum atomic E-state index is -3.55. The lowest BCUT2D eigenvalue weighted by Crippen LogP contribution is -2.48. The Hall–Kier alpha value is -0.500. The van der Waals surface area contributed by atoms with Crippen LogP contribution in [0.1, 0.15) is 37.4 Å². The molecule has 0 spiro atoms. The van der Waals surface area contributed by atoms with Gasteiger partial charge in [0.1, 0.15) is 0 Å². The third kappa shape index (κ3) is 2.69. The van der Waals surface area contributed by atoms with Gasteiger partial charge in [-0.3, -0.25) is 0 Å². The minimum Gasteiger partial charge on any atom is -0.389 e. The summed E-state index contributed by atoms with van der Waals surface area (Å²) in [6, 6.07) is -0.362. The van der Waals surface area contributed by atoms with Crippen LogP contribution in [0.15, 0.2) is 4.21 Å². The van der Waals surface area contributed by atoms with E-state index in [0.29, 0.717) is 22.9 Å². The van der Waals surface area contributed by atoms with Crippen molar-refractivity contribution in [2.24, 2.45) is 0 Å². The van der Waals surface area contributed by atoms with Crippen LogP contribution >= 0.6 is 11.3 Å². The third-order valence-corrected chi connectivity index (χ3v) is 6.99. The first-order valence-electron chi connectivity index (χ1n) is 6.32. The van der Waals surface area contributed by atoms with E-state index in [1.807, 2.05) is 0 Å². The summed E-state index contributed by atoms with van der Waals surface area (Å²) in [6.45, 7) is 7.31. The SMILES string of the molecule is Cc1nc(C)c(S(=O)(=O)N2CCCC2C(C)(C)O)s1. The maximum absolute atomic E-state index is 12.7. The van der Waals surface area contributed by atoms with Crippen molar-refractivity contribution in [3.05, 3.63) is 10.7 Å². The monoisotopic (exact) mass is 304 g/mol. The summed E-state index contributed by atoms with van der Waals surface area (Å²) >= 11 is 1.20. The molecular formula is C12H20N2O3S2. The Kier molecular flexibility index (Phi) is 3.77. The highest BCUT2D eigenvalue weighted by Crippen LogP contribution is 2.34. The Morgan fingerprint density at radius 2 is 2.05 bits per heavy atom. The molecule has 2 rings (SSSR count). The van der Waals surface area contributed by atoms with Gasteiger partial charge in [0.15, 0.2) is 4.21 Å². The maximum atomic E-state index is 12.7. The predicted molar refractivity (Wildman–Crippen MR) is 74.8 cm³/mol. The lowest BCUT2D eigenvalue weighted by atomic mass is 9.98. The normalized spacial score (nSPS) is 22.1. The number of aliphatic hydroxyl groups is 1. The Balaban J connectivity index is 2.42. The van der Waals surface area contributed by atoms with Crippen molar-refractivity contribution in [2.45, 2.75) is 56.4 Å². The summed E-state index contributed by atoms with van der Waals surface area (Å²) in [4.78, 5) is 4.19. The fourth-order valence-corrected chi connectivity index (χ4v) is 6.01. The number of aryl methyl sites for hydroxylation is 2. The van der Waals surface area contributed by atoms with E-state index in [9.17, 15) is 13.5 Å². The number of hydrogen-bond donors (Lipinski definition) is 1. The van der Waals surface area contributed by atoms with E-state index in [2.05, 4.69) is 4.98 Å². The second-order valence-electron chi connectivity index (χ2n) is 5.53. The van der Waals surface area contributed by atoms with Gasteiger partial charge in [-0.1, -0.05) is 0 Å². The molecule has 19 heavy (non-hydrogen) atoms. The number of hydrogen-bond acceptors (Lipinski definition) is 5. The van der Waals surface area contributed by atoms with Crippen LogP contribution in [0.3, 0.4) is 0 Å². The molecule has 1 atom stereocenters. The van der Waals surface area contributed by atoms with Gasteiger partial charge in [0.2, 0.25) is 0 Å². The molecular weight excluding hydrogens is 284 g/mol. The lowest BCUT2D eigenvalue weighted by Gasteiger charge is -2.32. The molecule has 7 heteroatoms. The summed E-state index contributed by atoms with van der Waals surface area (Å²) in [5.74, 6) is 0. The van der Waals surface area contributed by atoms with Crippen molar-refractivity contribution in [2.75, 3.05) is 6.54 Å². The van der Waals surface area contributed by atoms with Gasteiger partial charge in [-0.05, 0) is 40.5 Å². The Bertz CT molecular complexity index is 572. The van der Waals surface area contributed by atoms with Crippen molar-refractivity contribution in [1.29, 1.82) is 0 Å². The zero-order valence-corrected chi connectivity index (χ0v) is 13.3. The zero-order chi connectivity index (χ0) is 14.4. The highest BCUT2D eigenvalue weighted by Gasteiger charge is 2.43. The largest absolute Gasteiger partial charge is 0.389 e. The molecule has 1 aromatic heterocycles. The second-order valence-corrected chi connectivity index (χ2v) is 8.82. The quantitative estimate of drug-likeness (QED) is 0.922. The molecule has 1 aromatic rings. The number of rotatable bonds is 3. The van der Waals surface area contributed by atoms with E-state index in [-0.39, 0.29) is 6.04 Å². The Morgan fingerprint density at radius 1 is 1.42 bits per heavy atom. The van der Waals surface area contributed by atoms with Gasteiger partial charge < -0.3 is 5.11 Å². The molecule has 0 bridgehead atoms. The minimum absolute atomic E-state index is 0.307. The van der Waals surface area contributed by atoms with E-state index >= 15 is 0 Å². The third-order valence-electron chi connectivity index (χ3n) is 3.42. The van der Waals surface area contributed by atoms with E-state index < -0.39 is 15.6 Å². The van der Waals surface area contributed by atoms with Crippen LogP contribution in [0.4, 0.5) is 0 Å². The zero-order valence-electron chi connectivity index (χ0n) is 11.7. The summed E-state index contributed by atoms with van der Waals surface area (Å²) in [6.07, 6.45) is 1.48. The fourth-order valence-electron chi connectivity index (χ4n) is 2.59. The molecule has 1 aliphatic heterocycles. The summed E-state index contributed by atoms with van der Waals surface area (Å²) in [5, 5.41) is 10.9. The number of sulfonamides is 1. The number of aromatic nitrogens is 1. The van der Waals surface area contributed by atoms with Crippen LogP contribution in [-0.2, 0) is 10.0 Å². The van der Waals surface area contributed by atoms with Crippen LogP contribution in [-0.4, -0.2) is 41.0 Å². The topological polar surface area (TPSA) is 70.5 Å². The van der Waals surface area contributed by atoms with Crippen molar-refractivity contribution >= 4 is 21.4 Å². The molecule has 1 unspecified atom stereocenters. The predicted octanol–water partition coefficient (Wildman–Crippen LogP) is 1.68. The Morgan fingerprint density at radius 3 is 2.53 bits per heavy atom. The molecule has 5 nitrogen and oxygen atoms in total. The highest BCUT2D eigenvalue weighted by molar-refractivity contribution is 7.91. The maximum Gasteiger partial charge on any atom is 0.254 e. The second kappa shape index (κ2) is 4.80. The van der Waals surface area contributed by atoms with Crippen molar-refractivity contribution < 1.29 is 13.5 Å². The summed E-state index contributed by atoms with van der Waals surface area (Å²) < 4.78 is 27.2. The van der Waals surface area contributed by atoms with E-state index in [0.717, 1.165) is 11.4 Å². The van der Waals surface area contributed by atoms with Crippen LogP contribution < -0.4 is 0 Å². The molecule has 0 aliphatic carbocycles. The first-order chi connectivity index (χ1) is 8.64. The average Bonchev–Trinajstić information content (AvgIpc) is 2.83. The number of thiazole rings is 1. The standard InChI is InChI=1S/C12H20N2O3S2/c1-8-11(18-9(2)13-8)19(16,17)14-7-5-6-10(14)12(3,4)15/h10,15H,5-7H2,1-4H3. The van der Waals surface area contributed by atoms with Gasteiger partial charge in [0.25, 0.3) is 10.0 Å². The van der Waals surface area contributed by atoms with Gasteiger partial charge in [0.05, 0.1) is 22.3 Å². The average molecular weight is 304 g/mol. The van der Waals surface area contributed by atoms with Crippen LogP contribution in [0.2, 0.25) is 0 Å². The van der Waals surface area contributed by atoms with Gasteiger partial charge in [0, 0.05) is 6.54 Å². The first-order valence-corrected chi connectivity index (χ1v) is 8.58. The fraction of sp³-hybridized carbons (Fsp3) is 0.750. The van der Waals surface area contributed by atoms with Gasteiger partial charge in [-0.25, -0.2) is 13.4 Å². The van der Waals surface area contributed by atoms with Crippen LogP contribution in [0.25, 0.3) is 0 Å². The molecule has 2 heterocycles. The van der Waals surface area contributed by atoms with Crippen LogP contribution in [0.5, 0.6) is 0 Å². The lowest BCUT2D eigenvalue weighted by molar-refractivity contribution is 0.0215. The molecule has 1 N–H and O–H groups in total. The first kappa shape index (κ1) is 14.9. The summed E-state index contributed by atoms with van der Waals surface area (Å²) in [7, 11) is -3.55. The van der Waals surface area contributed by atoms with E-state index in [1.54, 1.807) is 27.7 Å². The highest BCUT2D eigenvalue weighted by atomic mass is 32.2. The van der Waals surface area contributed by atoms with Crippen LogP contribution in [0, 0.1) is 13.8 Å². The molecule has 0 aromatic carbocycles. The van der Waals surface area contributed by atoms with Gasteiger partial charge >= 0.3 is 0 Å². The van der Waals surface area contributed by atoms with E-state index in [1.165, 1.54) is 15.6 Å². The van der Waals surface area contributed by atoms with Gasteiger partial charge in [-0.15, -0.1) is 11.3 Å². The molecule has 108 valence electrons.